The number of hydrogen-bond acceptors (Lipinski definition) is 4. The van der Waals surface area contributed by atoms with Gasteiger partial charge in [-0.25, -0.2) is 17.8 Å². The molecule has 1 N–H and O–H groups in total. The van der Waals surface area contributed by atoms with Gasteiger partial charge in [0, 0.05) is 18.5 Å². The van der Waals surface area contributed by atoms with Crippen molar-refractivity contribution in [1.29, 1.82) is 0 Å². The molecule has 0 unspecified atom stereocenters. The summed E-state index contributed by atoms with van der Waals surface area (Å²) in [5, 5.41) is 4.55. The van der Waals surface area contributed by atoms with Gasteiger partial charge in [-0.05, 0) is 26.2 Å². The molecule has 0 fully saturated rings. The summed E-state index contributed by atoms with van der Waals surface area (Å²) in [5.41, 5.74) is 1.01. The van der Waals surface area contributed by atoms with Crippen LogP contribution in [0.1, 0.15) is 26.5 Å². The monoisotopic (exact) mass is 350 g/mol. The molecular formula is C17H26N4O2S. The van der Waals surface area contributed by atoms with Crippen molar-refractivity contribution in [3.8, 4) is 5.69 Å². The molecule has 24 heavy (non-hydrogen) atoms. The van der Waals surface area contributed by atoms with E-state index in [0.717, 1.165) is 5.69 Å². The Hall–Kier alpha value is -1.70. The fraction of sp³-hybridized carbons (Fsp3) is 0.471. The van der Waals surface area contributed by atoms with Crippen molar-refractivity contribution in [3.05, 3.63) is 42.2 Å². The molecule has 1 aromatic heterocycles. The number of sulfonamides is 1. The zero-order valence-corrected chi connectivity index (χ0v) is 15.8. The lowest BCUT2D eigenvalue weighted by Crippen LogP contribution is -2.32. The highest BCUT2D eigenvalue weighted by Crippen LogP contribution is 2.28. The van der Waals surface area contributed by atoms with Crippen molar-refractivity contribution in [3.63, 3.8) is 0 Å². The number of hydrogen-bond donors (Lipinski definition) is 1. The molecule has 1 heterocycles. The highest BCUT2D eigenvalue weighted by molar-refractivity contribution is 7.89. The van der Waals surface area contributed by atoms with Crippen molar-refractivity contribution in [1.82, 2.24) is 19.4 Å². The zero-order chi connectivity index (χ0) is 18.0. The molecule has 0 atom stereocenters. The summed E-state index contributed by atoms with van der Waals surface area (Å²) in [5.74, 6) is 0. The Balaban J connectivity index is 2.43. The quantitative estimate of drug-likeness (QED) is 0.865. The molecule has 1 aromatic carbocycles. The second-order valence-corrected chi connectivity index (χ2v) is 8.81. The van der Waals surface area contributed by atoms with Crippen LogP contribution in [0, 0.1) is 0 Å². The Morgan fingerprint density at radius 3 is 2.33 bits per heavy atom. The molecule has 0 aliphatic carbocycles. The standard InChI is InChI=1S/C17H26N4O2S/c1-17(2,3)16-15(24(22,23)18-11-12-20(4)5)13-21(19-16)14-9-7-6-8-10-14/h6-10,13,18H,11-12H2,1-5H3. The van der Waals surface area contributed by atoms with Gasteiger partial charge >= 0.3 is 0 Å². The van der Waals surface area contributed by atoms with Crippen LogP contribution >= 0.6 is 0 Å². The molecule has 0 saturated heterocycles. The van der Waals surface area contributed by atoms with Gasteiger partial charge in [-0.15, -0.1) is 0 Å². The number of aromatic nitrogens is 2. The SMILES string of the molecule is CN(C)CCNS(=O)(=O)c1cn(-c2ccccc2)nc1C(C)(C)C. The van der Waals surface area contributed by atoms with Gasteiger partial charge in [-0.3, -0.25) is 0 Å². The molecule has 2 rings (SSSR count). The third-order valence-electron chi connectivity index (χ3n) is 3.55. The summed E-state index contributed by atoms with van der Waals surface area (Å²) >= 11 is 0. The number of likely N-dealkylation sites (N-methyl/N-ethyl adjacent to an activating group) is 1. The first-order valence-electron chi connectivity index (χ1n) is 7.91. The number of benzene rings is 1. The van der Waals surface area contributed by atoms with Gasteiger partial charge in [0.15, 0.2) is 0 Å². The molecule has 0 aliphatic heterocycles. The fourth-order valence-electron chi connectivity index (χ4n) is 2.27. The highest BCUT2D eigenvalue weighted by Gasteiger charge is 2.30. The van der Waals surface area contributed by atoms with Crippen LogP contribution in [0.2, 0.25) is 0 Å². The average molecular weight is 350 g/mol. The molecule has 0 saturated carbocycles. The van der Waals surface area contributed by atoms with Crippen molar-refractivity contribution in [2.45, 2.75) is 31.1 Å². The van der Waals surface area contributed by atoms with Gasteiger partial charge in [0.25, 0.3) is 0 Å². The lowest BCUT2D eigenvalue weighted by molar-refractivity contribution is 0.412. The van der Waals surface area contributed by atoms with Crippen LogP contribution in [0.5, 0.6) is 0 Å². The van der Waals surface area contributed by atoms with Crippen LogP contribution in [0.15, 0.2) is 41.4 Å². The van der Waals surface area contributed by atoms with Gasteiger partial charge in [0.2, 0.25) is 10.0 Å². The number of rotatable bonds is 6. The zero-order valence-electron chi connectivity index (χ0n) is 14.9. The van der Waals surface area contributed by atoms with E-state index in [1.54, 1.807) is 10.9 Å². The van der Waals surface area contributed by atoms with E-state index < -0.39 is 10.0 Å². The Labute approximate surface area is 144 Å². The Morgan fingerprint density at radius 2 is 1.79 bits per heavy atom. The van der Waals surface area contributed by atoms with Gasteiger partial charge in [0.05, 0.1) is 17.6 Å². The lowest BCUT2D eigenvalue weighted by Gasteiger charge is -2.18. The van der Waals surface area contributed by atoms with E-state index in [4.69, 9.17) is 0 Å². The van der Waals surface area contributed by atoms with E-state index in [1.165, 1.54) is 0 Å². The topological polar surface area (TPSA) is 67.2 Å². The molecule has 0 aliphatic rings. The van der Waals surface area contributed by atoms with Crippen LogP contribution in [-0.2, 0) is 15.4 Å². The predicted molar refractivity (Wildman–Crippen MR) is 96.0 cm³/mol. The normalized spacial score (nSPS) is 12.8. The summed E-state index contributed by atoms with van der Waals surface area (Å²) in [4.78, 5) is 2.17. The van der Waals surface area contributed by atoms with Gasteiger partial charge in [0.1, 0.15) is 4.90 Å². The first-order valence-corrected chi connectivity index (χ1v) is 9.39. The first kappa shape index (κ1) is 18.6. The van der Waals surface area contributed by atoms with Gasteiger partial charge in [-0.2, -0.15) is 5.10 Å². The fourth-order valence-corrected chi connectivity index (χ4v) is 3.62. The van der Waals surface area contributed by atoms with E-state index >= 15 is 0 Å². The molecule has 7 heteroatoms. The summed E-state index contributed by atoms with van der Waals surface area (Å²) < 4.78 is 29.8. The maximum atomic E-state index is 12.7. The Morgan fingerprint density at radius 1 is 1.17 bits per heavy atom. The van der Waals surface area contributed by atoms with Crippen LogP contribution in [0.4, 0.5) is 0 Å². The molecule has 6 nitrogen and oxygen atoms in total. The molecule has 0 radical (unpaired) electrons. The second kappa shape index (κ2) is 7.04. The molecule has 132 valence electrons. The second-order valence-electron chi connectivity index (χ2n) is 7.07. The summed E-state index contributed by atoms with van der Waals surface area (Å²) in [6.07, 6.45) is 1.59. The van der Waals surface area contributed by atoms with E-state index in [1.807, 2.05) is 70.1 Å². The van der Waals surface area contributed by atoms with Crippen molar-refractivity contribution < 1.29 is 8.42 Å². The minimum absolute atomic E-state index is 0.234. The van der Waals surface area contributed by atoms with Crippen LogP contribution < -0.4 is 4.72 Å². The summed E-state index contributed by atoms with van der Waals surface area (Å²) in [7, 11) is 0.193. The van der Waals surface area contributed by atoms with E-state index in [-0.39, 0.29) is 10.3 Å². The van der Waals surface area contributed by atoms with Crippen molar-refractivity contribution in [2.75, 3.05) is 27.2 Å². The minimum atomic E-state index is -3.62. The molecular weight excluding hydrogens is 324 g/mol. The maximum Gasteiger partial charge on any atom is 0.244 e. The Bertz CT molecular complexity index is 775. The first-order chi connectivity index (χ1) is 11.1. The Kier molecular flexibility index (Phi) is 5.47. The summed E-state index contributed by atoms with van der Waals surface area (Å²) in [6, 6.07) is 9.51. The third-order valence-corrected chi connectivity index (χ3v) is 5.01. The van der Waals surface area contributed by atoms with Crippen LogP contribution in [0.3, 0.4) is 0 Å². The van der Waals surface area contributed by atoms with E-state index in [9.17, 15) is 8.42 Å². The molecule has 0 amide bonds. The van der Waals surface area contributed by atoms with Crippen LogP contribution in [-0.4, -0.2) is 50.3 Å². The number of nitrogens with zero attached hydrogens (tertiary/aromatic N) is 3. The van der Waals surface area contributed by atoms with Crippen molar-refractivity contribution in [2.24, 2.45) is 0 Å². The summed E-state index contributed by atoms with van der Waals surface area (Å²) in [6.45, 7) is 6.88. The molecule has 0 bridgehead atoms. The predicted octanol–water partition coefficient (Wildman–Crippen LogP) is 2.01. The smallest absolute Gasteiger partial charge is 0.244 e. The number of nitrogens with one attached hydrogen (secondary N) is 1. The minimum Gasteiger partial charge on any atom is -0.308 e. The van der Waals surface area contributed by atoms with Gasteiger partial charge in [-0.1, -0.05) is 39.0 Å². The van der Waals surface area contributed by atoms with E-state index in [2.05, 4.69) is 9.82 Å². The maximum absolute atomic E-state index is 12.7. The molecule has 0 spiro atoms. The average Bonchev–Trinajstić information content (AvgIpc) is 2.94. The molecule has 2 aromatic rings. The van der Waals surface area contributed by atoms with Crippen LogP contribution in [0.25, 0.3) is 5.69 Å². The van der Waals surface area contributed by atoms with E-state index in [0.29, 0.717) is 18.8 Å². The highest BCUT2D eigenvalue weighted by atomic mass is 32.2. The van der Waals surface area contributed by atoms with Gasteiger partial charge < -0.3 is 4.90 Å². The van der Waals surface area contributed by atoms with Crippen molar-refractivity contribution >= 4 is 10.0 Å². The number of para-hydroxylation sites is 1. The largest absolute Gasteiger partial charge is 0.308 e. The third kappa shape index (κ3) is 4.43. The lowest BCUT2D eigenvalue weighted by atomic mass is 9.92.